The molecule has 2 aromatic carbocycles. The average molecular weight is 341 g/mol. The van der Waals surface area contributed by atoms with Crippen molar-refractivity contribution in [3.8, 4) is 0 Å². The van der Waals surface area contributed by atoms with Gasteiger partial charge in [0, 0.05) is 12.2 Å². The second-order valence-electron chi connectivity index (χ2n) is 6.12. The van der Waals surface area contributed by atoms with Gasteiger partial charge in [0.15, 0.2) is 0 Å². The lowest BCUT2D eigenvalue weighted by Crippen LogP contribution is -2.45. The van der Waals surface area contributed by atoms with E-state index in [1.807, 2.05) is 31.2 Å². The van der Waals surface area contributed by atoms with Gasteiger partial charge >= 0.3 is 6.03 Å². The number of likely N-dealkylation sites (tertiary alicyclic amines) is 1. The van der Waals surface area contributed by atoms with Gasteiger partial charge in [-0.1, -0.05) is 29.8 Å². The number of anilines is 2. The van der Waals surface area contributed by atoms with E-state index in [0.717, 1.165) is 12.0 Å². The molecular weight excluding hydrogens is 321 g/mol. The normalized spacial score (nSPS) is 16.6. The monoisotopic (exact) mass is 341 g/mol. The van der Waals surface area contributed by atoms with Gasteiger partial charge in [-0.2, -0.15) is 0 Å². The zero-order valence-electron chi connectivity index (χ0n) is 14.0. The van der Waals surface area contributed by atoms with E-state index >= 15 is 0 Å². The highest BCUT2D eigenvalue weighted by Crippen LogP contribution is 2.22. The van der Waals surface area contributed by atoms with Crippen LogP contribution in [0.3, 0.4) is 0 Å². The molecule has 1 heterocycles. The maximum atomic E-state index is 13.7. The molecule has 6 heteroatoms. The number of para-hydroxylation sites is 1. The van der Waals surface area contributed by atoms with E-state index in [1.54, 1.807) is 12.1 Å². The van der Waals surface area contributed by atoms with Crippen molar-refractivity contribution in [2.45, 2.75) is 25.8 Å². The quantitative estimate of drug-likeness (QED) is 0.893. The van der Waals surface area contributed by atoms with Crippen molar-refractivity contribution < 1.29 is 14.0 Å². The third-order valence-corrected chi connectivity index (χ3v) is 4.25. The van der Waals surface area contributed by atoms with Crippen LogP contribution < -0.4 is 10.6 Å². The topological polar surface area (TPSA) is 61.4 Å². The minimum atomic E-state index is -0.606. The Bertz CT molecular complexity index is 776. The van der Waals surface area contributed by atoms with Crippen LogP contribution in [0.2, 0.25) is 0 Å². The third kappa shape index (κ3) is 3.96. The van der Waals surface area contributed by atoms with Crippen LogP contribution in [0, 0.1) is 12.7 Å². The molecule has 0 aromatic heterocycles. The first-order valence-electron chi connectivity index (χ1n) is 8.24. The van der Waals surface area contributed by atoms with Crippen LogP contribution in [0.4, 0.5) is 20.6 Å². The van der Waals surface area contributed by atoms with Gasteiger partial charge in [-0.05, 0) is 44.0 Å². The van der Waals surface area contributed by atoms with Crippen LogP contribution >= 0.6 is 0 Å². The second kappa shape index (κ2) is 7.34. The van der Waals surface area contributed by atoms with Gasteiger partial charge in [0.2, 0.25) is 5.91 Å². The summed E-state index contributed by atoms with van der Waals surface area (Å²) < 4.78 is 13.7. The van der Waals surface area contributed by atoms with Gasteiger partial charge in [0.05, 0.1) is 5.69 Å². The van der Waals surface area contributed by atoms with Crippen molar-refractivity contribution in [3.05, 3.63) is 59.9 Å². The third-order valence-electron chi connectivity index (χ3n) is 4.25. The van der Waals surface area contributed by atoms with E-state index in [4.69, 9.17) is 0 Å². The van der Waals surface area contributed by atoms with Crippen molar-refractivity contribution in [1.82, 2.24) is 4.90 Å². The van der Waals surface area contributed by atoms with Crippen molar-refractivity contribution in [2.75, 3.05) is 17.2 Å². The molecule has 25 heavy (non-hydrogen) atoms. The van der Waals surface area contributed by atoms with Crippen LogP contribution in [0.1, 0.15) is 18.4 Å². The highest BCUT2D eigenvalue weighted by molar-refractivity contribution is 5.99. The Morgan fingerprint density at radius 1 is 1.08 bits per heavy atom. The molecule has 1 aliphatic heterocycles. The molecule has 2 aromatic rings. The lowest BCUT2D eigenvalue weighted by molar-refractivity contribution is -0.119. The fourth-order valence-corrected chi connectivity index (χ4v) is 2.89. The maximum absolute atomic E-state index is 13.7. The summed E-state index contributed by atoms with van der Waals surface area (Å²) in [7, 11) is 0. The molecular formula is C19H20FN3O2. The average Bonchev–Trinajstić information content (AvgIpc) is 3.09. The van der Waals surface area contributed by atoms with Crippen molar-refractivity contribution >= 4 is 23.3 Å². The molecule has 0 radical (unpaired) electrons. The molecule has 1 aliphatic rings. The number of carbonyl (C=O) groups excluding carboxylic acids is 2. The van der Waals surface area contributed by atoms with Gasteiger partial charge in [-0.3, -0.25) is 4.79 Å². The maximum Gasteiger partial charge on any atom is 0.322 e. The molecule has 2 N–H and O–H groups in total. The van der Waals surface area contributed by atoms with Gasteiger partial charge in [-0.15, -0.1) is 0 Å². The zero-order valence-corrected chi connectivity index (χ0v) is 14.0. The number of nitrogens with zero attached hydrogens (tertiary/aromatic N) is 1. The standard InChI is InChI=1S/C19H20FN3O2/c1-13-8-10-14(11-9-13)21-19(25)23-12-4-7-17(23)18(24)22-16-6-3-2-5-15(16)20/h2-3,5-6,8-11,17H,4,7,12H2,1H3,(H,21,25)(H,22,24)/t17-/m0/s1. The minimum Gasteiger partial charge on any atom is -0.322 e. The van der Waals surface area contributed by atoms with Crippen LogP contribution in [-0.4, -0.2) is 29.4 Å². The van der Waals surface area contributed by atoms with Crippen LogP contribution in [0.25, 0.3) is 0 Å². The van der Waals surface area contributed by atoms with Gasteiger partial charge < -0.3 is 15.5 Å². The Balaban J connectivity index is 1.67. The van der Waals surface area contributed by atoms with Crippen molar-refractivity contribution in [3.63, 3.8) is 0 Å². The number of hydrogen-bond donors (Lipinski definition) is 2. The number of carbonyl (C=O) groups is 2. The van der Waals surface area contributed by atoms with Gasteiger partial charge in [-0.25, -0.2) is 9.18 Å². The Morgan fingerprint density at radius 2 is 1.80 bits per heavy atom. The zero-order chi connectivity index (χ0) is 17.8. The second-order valence-corrected chi connectivity index (χ2v) is 6.12. The lowest BCUT2D eigenvalue weighted by atomic mass is 10.2. The fraction of sp³-hybridized carbons (Fsp3) is 0.263. The molecule has 5 nitrogen and oxygen atoms in total. The smallest absolute Gasteiger partial charge is 0.322 e. The number of aryl methyl sites for hydroxylation is 1. The van der Waals surface area contributed by atoms with E-state index in [-0.39, 0.29) is 17.6 Å². The molecule has 1 atom stereocenters. The summed E-state index contributed by atoms with van der Waals surface area (Å²) in [5.74, 6) is -0.869. The van der Waals surface area contributed by atoms with Gasteiger partial charge in [0.25, 0.3) is 0 Å². The Labute approximate surface area is 145 Å². The van der Waals surface area contributed by atoms with Gasteiger partial charge in [0.1, 0.15) is 11.9 Å². The number of benzene rings is 2. The molecule has 130 valence electrons. The Morgan fingerprint density at radius 3 is 2.52 bits per heavy atom. The summed E-state index contributed by atoms with van der Waals surface area (Å²) >= 11 is 0. The molecule has 1 fully saturated rings. The summed E-state index contributed by atoms with van der Waals surface area (Å²) in [6, 6.07) is 12.5. The molecule has 0 aliphatic carbocycles. The number of halogens is 1. The van der Waals surface area contributed by atoms with Crippen molar-refractivity contribution in [2.24, 2.45) is 0 Å². The van der Waals surface area contributed by atoms with E-state index in [0.29, 0.717) is 18.7 Å². The van der Waals surface area contributed by atoms with E-state index in [2.05, 4.69) is 10.6 Å². The number of amides is 3. The largest absolute Gasteiger partial charge is 0.322 e. The molecule has 0 spiro atoms. The summed E-state index contributed by atoms with van der Waals surface area (Å²) in [5.41, 5.74) is 1.90. The van der Waals surface area contributed by atoms with E-state index in [9.17, 15) is 14.0 Å². The SMILES string of the molecule is Cc1ccc(NC(=O)N2CCC[C@H]2C(=O)Nc2ccccc2F)cc1. The molecule has 0 unspecified atom stereocenters. The summed E-state index contributed by atoms with van der Waals surface area (Å²) in [6.45, 7) is 2.46. The summed E-state index contributed by atoms with van der Waals surface area (Å²) in [6.07, 6.45) is 1.29. The highest BCUT2D eigenvalue weighted by Gasteiger charge is 2.34. The van der Waals surface area contributed by atoms with E-state index < -0.39 is 11.9 Å². The molecule has 3 rings (SSSR count). The fourth-order valence-electron chi connectivity index (χ4n) is 2.89. The number of rotatable bonds is 3. The van der Waals surface area contributed by atoms with Crippen molar-refractivity contribution in [1.29, 1.82) is 0 Å². The Kier molecular flexibility index (Phi) is 4.97. The van der Waals surface area contributed by atoms with E-state index in [1.165, 1.54) is 17.0 Å². The predicted molar refractivity (Wildman–Crippen MR) is 95.0 cm³/mol. The van der Waals surface area contributed by atoms with Crippen LogP contribution in [-0.2, 0) is 4.79 Å². The summed E-state index contributed by atoms with van der Waals surface area (Å²) in [4.78, 5) is 26.5. The summed E-state index contributed by atoms with van der Waals surface area (Å²) in [5, 5.41) is 5.38. The minimum absolute atomic E-state index is 0.123. The predicted octanol–water partition coefficient (Wildman–Crippen LogP) is 3.77. The first kappa shape index (κ1) is 17.0. The number of hydrogen-bond acceptors (Lipinski definition) is 2. The first-order valence-corrected chi connectivity index (χ1v) is 8.24. The lowest BCUT2D eigenvalue weighted by Gasteiger charge is -2.24. The Hall–Kier alpha value is -2.89. The number of urea groups is 1. The highest BCUT2D eigenvalue weighted by atomic mass is 19.1. The molecule has 0 bridgehead atoms. The number of nitrogens with one attached hydrogen (secondary N) is 2. The molecule has 0 saturated carbocycles. The first-order chi connectivity index (χ1) is 12.0. The van der Waals surface area contributed by atoms with Crippen LogP contribution in [0.15, 0.2) is 48.5 Å². The molecule has 3 amide bonds. The van der Waals surface area contributed by atoms with Crippen LogP contribution in [0.5, 0.6) is 0 Å². The molecule has 1 saturated heterocycles.